The molecule has 0 spiro atoms. The van der Waals surface area contributed by atoms with Crippen molar-refractivity contribution in [2.24, 2.45) is 11.1 Å². The summed E-state index contributed by atoms with van der Waals surface area (Å²) in [7, 11) is 0. The number of hydrogen-bond donors (Lipinski definition) is 2. The summed E-state index contributed by atoms with van der Waals surface area (Å²) in [5, 5.41) is 8.86. The van der Waals surface area contributed by atoms with Crippen LogP contribution >= 0.6 is 0 Å². The summed E-state index contributed by atoms with van der Waals surface area (Å²) in [5.74, 6) is 0.106. The maximum Gasteiger partial charge on any atom is 0.179 e. The van der Waals surface area contributed by atoms with E-state index in [9.17, 15) is 14.5 Å². The van der Waals surface area contributed by atoms with E-state index in [0.29, 0.717) is 25.2 Å². The normalized spacial score (nSPS) is 18.6. The number of nitrogens with zero attached hydrogens (tertiary/aromatic N) is 1. The number of nitrogens with one attached hydrogen (secondary N) is 2. The molecule has 18 heavy (non-hydrogen) atoms. The van der Waals surface area contributed by atoms with Crippen molar-refractivity contribution in [1.29, 1.82) is 0 Å². The molecule has 0 saturated heterocycles. The summed E-state index contributed by atoms with van der Waals surface area (Å²) < 4.78 is 0. The van der Waals surface area contributed by atoms with Gasteiger partial charge in [0.1, 0.15) is 5.78 Å². The minimum absolute atomic E-state index is 0.0420. The van der Waals surface area contributed by atoms with Crippen molar-refractivity contribution in [3.8, 4) is 0 Å². The van der Waals surface area contributed by atoms with Crippen LogP contribution in [0, 0.1) is 10.8 Å². The largest absolute Gasteiger partial charge is 0.382 e. The van der Waals surface area contributed by atoms with Crippen LogP contribution in [-0.4, -0.2) is 37.7 Å². The van der Waals surface area contributed by atoms with E-state index in [1.54, 1.807) is 6.08 Å². The molecule has 1 aliphatic carbocycles. The average Bonchev–Trinajstić information content (AvgIpc) is 2.64. The molecule has 100 valence electrons. The van der Waals surface area contributed by atoms with Crippen LogP contribution in [-0.2, 0) is 9.59 Å². The van der Waals surface area contributed by atoms with Crippen molar-refractivity contribution in [3.63, 3.8) is 0 Å². The Balaban J connectivity index is 2.15. The van der Waals surface area contributed by atoms with E-state index in [2.05, 4.69) is 15.8 Å². The Kier molecular flexibility index (Phi) is 6.21. The molecule has 0 aromatic rings. The average molecular weight is 253 g/mol. The molecule has 6 heteroatoms. The van der Waals surface area contributed by atoms with Crippen molar-refractivity contribution in [2.45, 2.75) is 19.8 Å². The monoisotopic (exact) mass is 253 g/mol. The van der Waals surface area contributed by atoms with Gasteiger partial charge < -0.3 is 10.6 Å². The van der Waals surface area contributed by atoms with Gasteiger partial charge in [0.2, 0.25) is 0 Å². The second kappa shape index (κ2) is 7.71. The fourth-order valence-electron chi connectivity index (χ4n) is 1.81. The fourth-order valence-corrected chi connectivity index (χ4v) is 1.81. The number of carbonyl (C=O) groups excluding carboxylic acids is 2. The van der Waals surface area contributed by atoms with Crippen LogP contribution in [0.15, 0.2) is 16.9 Å². The lowest BCUT2D eigenvalue weighted by Gasteiger charge is -2.06. The Morgan fingerprint density at radius 1 is 1.50 bits per heavy atom. The van der Waals surface area contributed by atoms with Crippen molar-refractivity contribution in [3.05, 3.63) is 16.7 Å². The molecule has 0 aromatic heterocycles. The first kappa shape index (κ1) is 14.5. The summed E-state index contributed by atoms with van der Waals surface area (Å²) in [4.78, 5) is 32.3. The number of nitroso groups, excluding NO2 is 1. The van der Waals surface area contributed by atoms with E-state index in [4.69, 9.17) is 0 Å². The maximum absolute atomic E-state index is 11.5. The van der Waals surface area contributed by atoms with Gasteiger partial charge in [0.05, 0.1) is 18.8 Å². The summed E-state index contributed by atoms with van der Waals surface area (Å²) in [6, 6.07) is 0. The van der Waals surface area contributed by atoms with Crippen molar-refractivity contribution >= 4 is 11.6 Å². The number of carbonyl (C=O) groups is 2. The molecule has 2 N–H and O–H groups in total. The van der Waals surface area contributed by atoms with Gasteiger partial charge in [0.25, 0.3) is 0 Å². The lowest BCUT2D eigenvalue weighted by Crippen LogP contribution is -2.26. The van der Waals surface area contributed by atoms with Crippen LogP contribution in [0.25, 0.3) is 0 Å². The van der Waals surface area contributed by atoms with Crippen molar-refractivity contribution < 1.29 is 9.59 Å². The van der Waals surface area contributed by atoms with E-state index in [-0.39, 0.29) is 24.0 Å². The Morgan fingerprint density at radius 2 is 2.28 bits per heavy atom. The van der Waals surface area contributed by atoms with Crippen LogP contribution in [0.3, 0.4) is 0 Å². The lowest BCUT2D eigenvalue weighted by atomic mass is 10.1. The molecule has 0 bridgehead atoms. The SMILES string of the molecule is CC(=O)CNCCCNC1=C[C@H](CN=O)CC1=O. The zero-order valence-electron chi connectivity index (χ0n) is 10.6. The third kappa shape index (κ3) is 5.18. The first-order valence-electron chi connectivity index (χ1n) is 6.11. The second-order valence-corrected chi connectivity index (χ2v) is 4.44. The van der Waals surface area contributed by atoms with Gasteiger partial charge in [-0.15, -0.1) is 0 Å². The van der Waals surface area contributed by atoms with Crippen LogP contribution < -0.4 is 10.6 Å². The quantitative estimate of drug-likeness (QED) is 0.458. The molecule has 1 atom stereocenters. The molecule has 0 aliphatic heterocycles. The van der Waals surface area contributed by atoms with E-state index in [1.807, 2.05) is 0 Å². The first-order chi connectivity index (χ1) is 8.63. The minimum atomic E-state index is -0.0478. The molecule has 0 radical (unpaired) electrons. The number of allylic oxidation sites excluding steroid dienone is 1. The molecule has 1 aliphatic rings. The number of hydrogen-bond acceptors (Lipinski definition) is 6. The zero-order valence-corrected chi connectivity index (χ0v) is 10.6. The molecule has 0 aromatic carbocycles. The zero-order chi connectivity index (χ0) is 13.4. The fraction of sp³-hybridized carbons (Fsp3) is 0.667. The van der Waals surface area contributed by atoms with Gasteiger partial charge in [-0.25, -0.2) is 0 Å². The van der Waals surface area contributed by atoms with E-state index in [0.717, 1.165) is 13.0 Å². The third-order valence-electron chi connectivity index (χ3n) is 2.68. The standard InChI is InChI=1S/C12H19N3O3/c1-9(16)7-13-3-2-4-14-11-5-10(8-15-18)6-12(11)17/h5,10,13-14H,2-4,6-8H2,1H3/t10-/m0/s1. The minimum Gasteiger partial charge on any atom is -0.382 e. The molecule has 0 fully saturated rings. The molecular weight excluding hydrogens is 234 g/mol. The second-order valence-electron chi connectivity index (χ2n) is 4.44. The molecule has 0 saturated carbocycles. The predicted octanol–water partition coefficient (Wildman–Crippen LogP) is 0.384. The Hall–Kier alpha value is -1.56. The van der Waals surface area contributed by atoms with Crippen molar-refractivity contribution in [2.75, 3.05) is 26.2 Å². The summed E-state index contributed by atoms with van der Waals surface area (Å²) in [6.45, 7) is 3.48. The van der Waals surface area contributed by atoms with Crippen LogP contribution in [0.2, 0.25) is 0 Å². The van der Waals surface area contributed by atoms with Gasteiger partial charge in [-0.1, -0.05) is 11.3 Å². The summed E-state index contributed by atoms with van der Waals surface area (Å²) in [6.07, 6.45) is 2.98. The number of ketones is 2. The Morgan fingerprint density at radius 3 is 2.94 bits per heavy atom. The van der Waals surface area contributed by atoms with Gasteiger partial charge in [0, 0.05) is 18.9 Å². The Bertz CT molecular complexity index is 352. The Labute approximate surface area is 106 Å². The van der Waals surface area contributed by atoms with E-state index >= 15 is 0 Å². The topological polar surface area (TPSA) is 87.6 Å². The highest BCUT2D eigenvalue weighted by molar-refractivity contribution is 5.97. The molecule has 6 nitrogen and oxygen atoms in total. The highest BCUT2D eigenvalue weighted by Crippen LogP contribution is 2.19. The van der Waals surface area contributed by atoms with E-state index < -0.39 is 0 Å². The van der Waals surface area contributed by atoms with Crippen LogP contribution in [0.5, 0.6) is 0 Å². The van der Waals surface area contributed by atoms with Crippen molar-refractivity contribution in [1.82, 2.24) is 10.6 Å². The van der Waals surface area contributed by atoms with Crippen LogP contribution in [0.4, 0.5) is 0 Å². The van der Waals surface area contributed by atoms with Gasteiger partial charge in [0.15, 0.2) is 5.78 Å². The van der Waals surface area contributed by atoms with Gasteiger partial charge >= 0.3 is 0 Å². The summed E-state index contributed by atoms with van der Waals surface area (Å²) >= 11 is 0. The molecule has 0 amide bonds. The smallest absolute Gasteiger partial charge is 0.179 e. The third-order valence-corrected chi connectivity index (χ3v) is 2.68. The number of rotatable bonds is 9. The lowest BCUT2D eigenvalue weighted by molar-refractivity contribution is -0.116. The highest BCUT2D eigenvalue weighted by Gasteiger charge is 2.23. The van der Waals surface area contributed by atoms with Gasteiger partial charge in [-0.3, -0.25) is 9.59 Å². The predicted molar refractivity (Wildman–Crippen MR) is 68.0 cm³/mol. The molecule has 1 rings (SSSR count). The molecular formula is C12H19N3O3. The highest BCUT2D eigenvalue weighted by atomic mass is 16.3. The van der Waals surface area contributed by atoms with Gasteiger partial charge in [-0.05, 0) is 19.9 Å². The summed E-state index contributed by atoms with van der Waals surface area (Å²) in [5.41, 5.74) is 0.593. The van der Waals surface area contributed by atoms with Crippen LogP contribution in [0.1, 0.15) is 19.8 Å². The maximum atomic E-state index is 11.5. The van der Waals surface area contributed by atoms with E-state index in [1.165, 1.54) is 6.92 Å². The molecule has 0 unspecified atom stereocenters. The number of Topliss-reactive ketones (excluding diaryl/α,β-unsaturated/α-hetero) is 2. The van der Waals surface area contributed by atoms with Gasteiger partial charge in [-0.2, -0.15) is 4.91 Å². The molecule has 0 heterocycles. The first-order valence-corrected chi connectivity index (χ1v) is 6.11.